The SMILES string of the molecule is Cc1cc(C(=O)Nc2cccc(S(=O)(=O)NCCN)c2)c(C)o1. The van der Waals surface area contributed by atoms with Gasteiger partial charge in [-0.15, -0.1) is 0 Å². The number of anilines is 1. The molecule has 1 aromatic heterocycles. The Labute approximate surface area is 134 Å². The van der Waals surface area contributed by atoms with Gasteiger partial charge in [0.15, 0.2) is 0 Å². The van der Waals surface area contributed by atoms with Crippen molar-refractivity contribution in [3.63, 3.8) is 0 Å². The van der Waals surface area contributed by atoms with Crippen LogP contribution >= 0.6 is 0 Å². The molecular weight excluding hydrogens is 318 g/mol. The Balaban J connectivity index is 2.20. The first-order valence-electron chi connectivity index (χ1n) is 7.01. The molecule has 0 aliphatic carbocycles. The molecule has 0 radical (unpaired) electrons. The van der Waals surface area contributed by atoms with Gasteiger partial charge in [-0.25, -0.2) is 13.1 Å². The quantitative estimate of drug-likeness (QED) is 0.737. The van der Waals surface area contributed by atoms with Crippen molar-refractivity contribution >= 4 is 21.6 Å². The second-order valence-electron chi connectivity index (χ2n) is 5.00. The summed E-state index contributed by atoms with van der Waals surface area (Å²) in [5, 5.41) is 2.67. The number of carbonyl (C=O) groups is 1. The summed E-state index contributed by atoms with van der Waals surface area (Å²) in [5.41, 5.74) is 6.09. The predicted molar refractivity (Wildman–Crippen MR) is 86.8 cm³/mol. The maximum absolute atomic E-state index is 12.2. The summed E-state index contributed by atoms with van der Waals surface area (Å²) in [7, 11) is -3.65. The lowest BCUT2D eigenvalue weighted by Gasteiger charge is -2.08. The van der Waals surface area contributed by atoms with Gasteiger partial charge in [0, 0.05) is 18.8 Å². The van der Waals surface area contributed by atoms with E-state index in [9.17, 15) is 13.2 Å². The van der Waals surface area contributed by atoms with Crippen LogP contribution in [0.25, 0.3) is 0 Å². The van der Waals surface area contributed by atoms with Crippen LogP contribution in [0.4, 0.5) is 5.69 Å². The zero-order valence-corrected chi connectivity index (χ0v) is 13.7. The summed E-state index contributed by atoms with van der Waals surface area (Å²) in [6, 6.07) is 7.64. The maximum Gasteiger partial charge on any atom is 0.259 e. The molecule has 0 aliphatic heterocycles. The van der Waals surface area contributed by atoms with E-state index in [2.05, 4.69) is 10.0 Å². The van der Waals surface area contributed by atoms with Gasteiger partial charge in [0.1, 0.15) is 11.5 Å². The number of benzene rings is 1. The number of amides is 1. The molecule has 2 aromatic rings. The van der Waals surface area contributed by atoms with Gasteiger partial charge in [0.05, 0.1) is 10.5 Å². The number of nitrogens with one attached hydrogen (secondary N) is 2. The van der Waals surface area contributed by atoms with Crippen LogP contribution in [0.3, 0.4) is 0 Å². The minimum Gasteiger partial charge on any atom is -0.466 e. The Hall–Kier alpha value is -2.16. The fraction of sp³-hybridized carbons (Fsp3) is 0.267. The Morgan fingerprint density at radius 1 is 1.26 bits per heavy atom. The van der Waals surface area contributed by atoms with Gasteiger partial charge in [0.25, 0.3) is 5.91 Å². The predicted octanol–water partition coefficient (Wildman–Crippen LogP) is 1.39. The fourth-order valence-corrected chi connectivity index (χ4v) is 3.17. The standard InChI is InChI=1S/C15H19N3O4S/c1-10-8-14(11(2)22-10)15(19)18-12-4-3-5-13(9-12)23(20,21)17-7-6-16/h3-5,8-9,17H,6-7,16H2,1-2H3,(H,18,19). The molecule has 0 atom stereocenters. The van der Waals surface area contributed by atoms with Crippen molar-refractivity contribution in [1.82, 2.24) is 4.72 Å². The molecule has 0 bridgehead atoms. The van der Waals surface area contributed by atoms with Gasteiger partial charge in [-0.1, -0.05) is 6.07 Å². The highest BCUT2D eigenvalue weighted by molar-refractivity contribution is 7.89. The molecule has 0 spiro atoms. The van der Waals surface area contributed by atoms with Crippen LogP contribution in [-0.4, -0.2) is 27.4 Å². The lowest BCUT2D eigenvalue weighted by atomic mass is 10.2. The van der Waals surface area contributed by atoms with Crippen LogP contribution in [-0.2, 0) is 10.0 Å². The van der Waals surface area contributed by atoms with Crippen LogP contribution in [0, 0.1) is 13.8 Å². The van der Waals surface area contributed by atoms with Crippen molar-refractivity contribution in [2.45, 2.75) is 18.7 Å². The van der Waals surface area contributed by atoms with E-state index in [0.717, 1.165) is 0 Å². The Kier molecular flexibility index (Phi) is 5.19. The van der Waals surface area contributed by atoms with Gasteiger partial charge in [-0.2, -0.15) is 0 Å². The van der Waals surface area contributed by atoms with Crippen LogP contribution in [0.1, 0.15) is 21.9 Å². The average molecular weight is 337 g/mol. The van der Waals surface area contributed by atoms with Gasteiger partial charge in [-0.05, 0) is 38.1 Å². The van der Waals surface area contributed by atoms with Crippen molar-refractivity contribution < 1.29 is 17.6 Å². The number of sulfonamides is 1. The second kappa shape index (κ2) is 6.95. The molecule has 0 saturated carbocycles. The van der Waals surface area contributed by atoms with Crippen molar-refractivity contribution in [1.29, 1.82) is 0 Å². The Bertz CT molecular complexity index is 812. The summed E-state index contributed by atoms with van der Waals surface area (Å²) in [4.78, 5) is 12.3. The number of hydrogen-bond acceptors (Lipinski definition) is 5. The van der Waals surface area contributed by atoms with Crippen LogP contribution < -0.4 is 15.8 Å². The minimum absolute atomic E-state index is 0.0591. The van der Waals surface area contributed by atoms with E-state index in [1.807, 2.05) is 0 Å². The number of hydrogen-bond donors (Lipinski definition) is 3. The lowest BCUT2D eigenvalue weighted by Crippen LogP contribution is -2.29. The molecule has 2 rings (SSSR count). The first-order chi connectivity index (χ1) is 10.8. The number of rotatable bonds is 6. The first-order valence-corrected chi connectivity index (χ1v) is 8.50. The molecule has 0 saturated heterocycles. The van der Waals surface area contributed by atoms with Crippen molar-refractivity contribution in [3.05, 3.63) is 47.4 Å². The Morgan fingerprint density at radius 2 is 2.00 bits per heavy atom. The summed E-state index contributed by atoms with van der Waals surface area (Å²) >= 11 is 0. The lowest BCUT2D eigenvalue weighted by molar-refractivity contribution is 0.102. The molecule has 7 nitrogen and oxygen atoms in total. The highest BCUT2D eigenvalue weighted by Crippen LogP contribution is 2.18. The van der Waals surface area contributed by atoms with Crippen LogP contribution in [0.2, 0.25) is 0 Å². The second-order valence-corrected chi connectivity index (χ2v) is 6.76. The molecule has 1 heterocycles. The van der Waals surface area contributed by atoms with Crippen molar-refractivity contribution in [2.24, 2.45) is 5.73 Å². The molecule has 1 amide bonds. The van der Waals surface area contributed by atoms with Crippen molar-refractivity contribution in [2.75, 3.05) is 18.4 Å². The minimum atomic E-state index is -3.65. The van der Waals surface area contributed by atoms with Gasteiger partial charge < -0.3 is 15.5 Å². The number of nitrogens with two attached hydrogens (primary N) is 1. The van der Waals surface area contributed by atoms with E-state index >= 15 is 0 Å². The van der Waals surface area contributed by atoms with E-state index in [1.54, 1.807) is 32.0 Å². The summed E-state index contributed by atoms with van der Waals surface area (Å²) in [6.45, 7) is 3.79. The molecular formula is C15H19N3O4S. The normalized spacial score (nSPS) is 11.4. The molecule has 0 aliphatic rings. The van der Waals surface area contributed by atoms with E-state index in [4.69, 9.17) is 10.2 Å². The number of aryl methyl sites for hydroxylation is 2. The summed E-state index contributed by atoms with van der Waals surface area (Å²) in [5.74, 6) is 0.784. The molecule has 0 fully saturated rings. The third-order valence-electron chi connectivity index (χ3n) is 3.12. The smallest absolute Gasteiger partial charge is 0.259 e. The number of furan rings is 1. The average Bonchev–Trinajstić information content (AvgIpc) is 2.84. The molecule has 124 valence electrons. The highest BCUT2D eigenvalue weighted by atomic mass is 32.2. The van der Waals surface area contributed by atoms with E-state index < -0.39 is 10.0 Å². The molecule has 23 heavy (non-hydrogen) atoms. The zero-order chi connectivity index (χ0) is 17.0. The third-order valence-corrected chi connectivity index (χ3v) is 4.58. The third kappa shape index (κ3) is 4.19. The van der Waals surface area contributed by atoms with Gasteiger partial charge in [-0.3, -0.25) is 4.79 Å². The topological polar surface area (TPSA) is 114 Å². The largest absolute Gasteiger partial charge is 0.466 e. The van der Waals surface area contributed by atoms with E-state index in [0.29, 0.717) is 22.8 Å². The highest BCUT2D eigenvalue weighted by Gasteiger charge is 2.16. The van der Waals surface area contributed by atoms with Gasteiger partial charge in [0.2, 0.25) is 10.0 Å². The summed E-state index contributed by atoms with van der Waals surface area (Å²) in [6.07, 6.45) is 0. The van der Waals surface area contributed by atoms with Gasteiger partial charge >= 0.3 is 0 Å². The molecule has 8 heteroatoms. The van der Waals surface area contributed by atoms with E-state index in [-0.39, 0.29) is 23.9 Å². The summed E-state index contributed by atoms with van der Waals surface area (Å²) < 4.78 is 31.8. The van der Waals surface area contributed by atoms with Crippen LogP contribution in [0.15, 0.2) is 39.6 Å². The maximum atomic E-state index is 12.2. The van der Waals surface area contributed by atoms with Crippen molar-refractivity contribution in [3.8, 4) is 0 Å². The molecule has 4 N–H and O–H groups in total. The monoisotopic (exact) mass is 337 g/mol. The molecule has 1 aromatic carbocycles. The molecule has 0 unspecified atom stereocenters. The fourth-order valence-electron chi connectivity index (χ4n) is 2.07. The van der Waals surface area contributed by atoms with E-state index in [1.165, 1.54) is 12.1 Å². The number of carbonyl (C=O) groups excluding carboxylic acids is 1. The van der Waals surface area contributed by atoms with Crippen LogP contribution in [0.5, 0.6) is 0 Å². The Morgan fingerprint density at radius 3 is 2.61 bits per heavy atom. The zero-order valence-electron chi connectivity index (χ0n) is 12.9. The first kappa shape index (κ1) is 17.2.